The molecule has 0 saturated heterocycles. The van der Waals surface area contributed by atoms with Crippen molar-refractivity contribution in [1.82, 2.24) is 25.9 Å². The van der Waals surface area contributed by atoms with Crippen LogP contribution in [0.2, 0.25) is 0 Å². The first kappa shape index (κ1) is 30.8. The molecular weight excluding hydrogens is 576 g/mol. The first-order valence-electron chi connectivity index (χ1n) is 13.2. The second-order valence-corrected chi connectivity index (χ2v) is 11.0. The van der Waals surface area contributed by atoms with Crippen LogP contribution in [0, 0.1) is 0 Å². The van der Waals surface area contributed by atoms with Crippen molar-refractivity contribution in [3.63, 3.8) is 0 Å². The molecule has 0 bridgehead atoms. The number of benzene rings is 2. The van der Waals surface area contributed by atoms with Crippen LogP contribution in [0.1, 0.15) is 16.8 Å². The summed E-state index contributed by atoms with van der Waals surface area (Å²) in [6.45, 7) is 0. The third kappa shape index (κ3) is 8.18. The number of thiophene rings is 1. The molecule has 42 heavy (non-hydrogen) atoms. The highest BCUT2D eigenvalue weighted by atomic mass is 32.1. The zero-order valence-corrected chi connectivity index (χ0v) is 24.2. The molecule has 13 heteroatoms. The van der Waals surface area contributed by atoms with E-state index in [0.717, 1.165) is 21.2 Å². The van der Waals surface area contributed by atoms with E-state index in [-0.39, 0.29) is 25.0 Å². The number of aliphatic carboxylic acids is 1. The van der Waals surface area contributed by atoms with Gasteiger partial charge in [0.1, 0.15) is 18.1 Å². The largest absolute Gasteiger partial charge is 0.480 e. The van der Waals surface area contributed by atoms with E-state index in [0.29, 0.717) is 5.69 Å². The number of nitrogens with two attached hydrogens (primary N) is 1. The molecule has 0 radical (unpaired) electrons. The van der Waals surface area contributed by atoms with Gasteiger partial charge in [-0.05, 0) is 28.0 Å². The highest BCUT2D eigenvalue weighted by molar-refractivity contribution is 7.80. The molecule has 2 aromatic heterocycles. The van der Waals surface area contributed by atoms with E-state index >= 15 is 0 Å². The number of carbonyl (C=O) groups excluding carboxylic acids is 3. The number of hydrogen-bond acceptors (Lipinski definition) is 8. The molecule has 4 aromatic rings. The second-order valence-electron chi connectivity index (χ2n) is 9.74. The van der Waals surface area contributed by atoms with Crippen LogP contribution >= 0.6 is 24.0 Å². The minimum atomic E-state index is -1.27. The molecule has 0 aliphatic rings. The van der Waals surface area contributed by atoms with Gasteiger partial charge in [-0.2, -0.15) is 12.6 Å². The summed E-state index contributed by atoms with van der Waals surface area (Å²) in [6, 6.07) is 12.3. The van der Waals surface area contributed by atoms with Crippen molar-refractivity contribution in [3.05, 3.63) is 89.3 Å². The zero-order valence-electron chi connectivity index (χ0n) is 22.5. The molecule has 2 aromatic carbocycles. The number of H-pyrrole nitrogens is 1. The lowest BCUT2D eigenvalue weighted by molar-refractivity contribution is -0.142. The van der Waals surface area contributed by atoms with Gasteiger partial charge in [0.2, 0.25) is 17.7 Å². The number of thiol groups is 1. The highest BCUT2D eigenvalue weighted by Gasteiger charge is 2.31. The Hall–Kier alpha value is -4.20. The van der Waals surface area contributed by atoms with Gasteiger partial charge in [0, 0.05) is 41.6 Å². The third-order valence-electron chi connectivity index (χ3n) is 6.66. The van der Waals surface area contributed by atoms with E-state index in [1.165, 1.54) is 23.9 Å². The maximum atomic E-state index is 13.7. The number of carbonyl (C=O) groups is 4. The van der Waals surface area contributed by atoms with E-state index in [4.69, 9.17) is 5.73 Å². The molecule has 4 rings (SSSR count). The Morgan fingerprint density at radius 1 is 0.881 bits per heavy atom. The summed E-state index contributed by atoms with van der Waals surface area (Å²) in [6.07, 6.45) is 3.10. The Balaban J connectivity index is 1.58. The molecule has 0 saturated carbocycles. The van der Waals surface area contributed by atoms with Gasteiger partial charge in [-0.15, -0.1) is 11.3 Å². The predicted octanol–water partition coefficient (Wildman–Crippen LogP) is 1.45. The summed E-state index contributed by atoms with van der Waals surface area (Å²) in [5.74, 6) is -3.01. The number of rotatable bonds is 14. The molecule has 0 unspecified atom stereocenters. The number of aromatic amines is 1. The molecule has 7 N–H and O–H groups in total. The number of nitrogens with zero attached hydrogens (tertiary/aromatic N) is 1. The molecule has 2 heterocycles. The number of aromatic nitrogens is 2. The second kappa shape index (κ2) is 14.6. The molecule has 11 nitrogen and oxygen atoms in total. The first-order chi connectivity index (χ1) is 20.2. The summed E-state index contributed by atoms with van der Waals surface area (Å²) in [7, 11) is 0. The Labute approximate surface area is 251 Å². The van der Waals surface area contributed by atoms with E-state index in [1.54, 1.807) is 24.3 Å². The van der Waals surface area contributed by atoms with Crippen molar-refractivity contribution < 1.29 is 24.3 Å². The van der Waals surface area contributed by atoms with Crippen LogP contribution in [-0.2, 0) is 38.4 Å². The molecule has 220 valence electrons. The van der Waals surface area contributed by atoms with E-state index in [2.05, 4.69) is 38.5 Å². The minimum absolute atomic E-state index is 0.0292. The lowest BCUT2D eigenvalue weighted by Crippen LogP contribution is -2.58. The van der Waals surface area contributed by atoms with Crippen LogP contribution < -0.4 is 21.7 Å². The average Bonchev–Trinajstić information content (AvgIpc) is 3.66. The Kier molecular flexibility index (Phi) is 10.7. The summed E-state index contributed by atoms with van der Waals surface area (Å²) in [5.41, 5.74) is 8.00. The molecule has 3 amide bonds. The van der Waals surface area contributed by atoms with Gasteiger partial charge in [-0.25, -0.2) is 9.78 Å². The van der Waals surface area contributed by atoms with Crippen molar-refractivity contribution >= 4 is 57.7 Å². The van der Waals surface area contributed by atoms with Crippen molar-refractivity contribution in [2.75, 3.05) is 5.75 Å². The normalized spacial score (nSPS) is 14.0. The fraction of sp³-hybridized carbons (Fsp3) is 0.276. The number of hydrogen-bond donors (Lipinski definition) is 7. The first-order valence-corrected chi connectivity index (χ1v) is 14.7. The van der Waals surface area contributed by atoms with Crippen LogP contribution in [0.25, 0.3) is 10.1 Å². The summed E-state index contributed by atoms with van der Waals surface area (Å²) in [4.78, 5) is 58.7. The van der Waals surface area contributed by atoms with E-state index in [9.17, 15) is 24.3 Å². The fourth-order valence-electron chi connectivity index (χ4n) is 4.40. The Bertz CT molecular complexity index is 1510. The summed E-state index contributed by atoms with van der Waals surface area (Å²) in [5, 5.41) is 20.7. The molecule has 0 spiro atoms. The number of carboxylic acids is 1. The number of amides is 3. The van der Waals surface area contributed by atoms with Gasteiger partial charge in [0.15, 0.2) is 0 Å². The number of carboxylic acid groups (broad SMARTS) is 1. The maximum absolute atomic E-state index is 13.7. The summed E-state index contributed by atoms with van der Waals surface area (Å²) >= 11 is 5.61. The molecule has 0 fully saturated rings. The van der Waals surface area contributed by atoms with Crippen LogP contribution in [-0.4, -0.2) is 68.7 Å². The minimum Gasteiger partial charge on any atom is -0.480 e. The molecule has 0 aliphatic heterocycles. The smallest absolute Gasteiger partial charge is 0.326 e. The van der Waals surface area contributed by atoms with Crippen molar-refractivity contribution in [1.29, 1.82) is 0 Å². The number of fused-ring (bicyclic) bond motifs is 1. The predicted molar refractivity (Wildman–Crippen MR) is 163 cm³/mol. The lowest BCUT2D eigenvalue weighted by atomic mass is 10.0. The van der Waals surface area contributed by atoms with Gasteiger partial charge in [-0.3, -0.25) is 14.4 Å². The lowest BCUT2D eigenvalue weighted by Gasteiger charge is -2.25. The van der Waals surface area contributed by atoms with Crippen LogP contribution in [0.15, 0.2) is 72.5 Å². The highest BCUT2D eigenvalue weighted by Crippen LogP contribution is 2.26. The maximum Gasteiger partial charge on any atom is 0.326 e. The van der Waals surface area contributed by atoms with Gasteiger partial charge in [0.05, 0.1) is 12.4 Å². The average molecular weight is 609 g/mol. The van der Waals surface area contributed by atoms with E-state index < -0.39 is 47.9 Å². The molecule has 4 atom stereocenters. The van der Waals surface area contributed by atoms with Crippen molar-refractivity contribution in [2.45, 2.75) is 43.4 Å². The monoisotopic (exact) mass is 608 g/mol. The molecular formula is C29H32N6O5S2. The van der Waals surface area contributed by atoms with Crippen LogP contribution in [0.4, 0.5) is 0 Å². The topological polar surface area (TPSA) is 179 Å². The third-order valence-corrected chi connectivity index (χ3v) is 8.07. The van der Waals surface area contributed by atoms with Crippen LogP contribution in [0.3, 0.4) is 0 Å². The Morgan fingerprint density at radius 2 is 1.52 bits per heavy atom. The SMILES string of the molecule is N[C@H](CS)C(=O)N[C@@H](Cc1csc2ccccc12)C(=O)N[C@H](Cc1ccccc1)C(=O)N[C@@H](Cc1cnc[nH]1)C(=O)O. The Morgan fingerprint density at radius 3 is 2.19 bits per heavy atom. The molecule has 0 aliphatic carbocycles. The standard InChI is InChI=1S/C29H32N6O5S2/c30-21(14-41)26(36)33-23(11-18-15-42-25-9-5-4-8-20(18)25)28(38)34-22(10-17-6-2-1-3-7-17)27(37)35-24(29(39)40)12-19-13-31-16-32-19/h1-9,13,15-16,21-24,41H,10-12,14,30H2,(H,31,32)(H,33,36)(H,34,38)(H,35,37)(H,39,40)/t21-,22-,23+,24+/m1/s1. The van der Waals surface area contributed by atoms with Gasteiger partial charge < -0.3 is 31.8 Å². The van der Waals surface area contributed by atoms with Gasteiger partial charge in [0.25, 0.3) is 0 Å². The van der Waals surface area contributed by atoms with Gasteiger partial charge >= 0.3 is 5.97 Å². The summed E-state index contributed by atoms with van der Waals surface area (Å²) < 4.78 is 1.03. The number of nitrogens with one attached hydrogen (secondary N) is 4. The fourth-order valence-corrected chi connectivity index (χ4v) is 5.54. The van der Waals surface area contributed by atoms with Crippen molar-refractivity contribution in [3.8, 4) is 0 Å². The van der Waals surface area contributed by atoms with Crippen molar-refractivity contribution in [2.24, 2.45) is 5.73 Å². The van der Waals surface area contributed by atoms with Gasteiger partial charge in [-0.1, -0.05) is 48.5 Å². The zero-order chi connectivity index (χ0) is 30.1. The quantitative estimate of drug-likeness (QED) is 0.106. The van der Waals surface area contributed by atoms with Crippen LogP contribution in [0.5, 0.6) is 0 Å². The number of imidazole rings is 1. The van der Waals surface area contributed by atoms with E-state index in [1.807, 2.05) is 35.7 Å².